The molecule has 1 aromatic carbocycles. The lowest BCUT2D eigenvalue weighted by Crippen LogP contribution is -2.44. The summed E-state index contributed by atoms with van der Waals surface area (Å²) in [5, 5.41) is 24.2. The minimum absolute atomic E-state index is 0.256. The highest BCUT2D eigenvalue weighted by molar-refractivity contribution is 5.74. The van der Waals surface area contributed by atoms with Crippen LogP contribution in [0.3, 0.4) is 0 Å². The molecule has 7 heteroatoms. The van der Waals surface area contributed by atoms with E-state index in [9.17, 15) is 19.8 Å². The third kappa shape index (κ3) is 8.51. The van der Waals surface area contributed by atoms with Crippen molar-refractivity contribution in [1.29, 1.82) is 0 Å². The maximum absolute atomic E-state index is 11.6. The summed E-state index contributed by atoms with van der Waals surface area (Å²) in [5.41, 5.74) is 1.16. The third-order valence-electron chi connectivity index (χ3n) is 3.38. The second-order valence-electron chi connectivity index (χ2n) is 6.86. The van der Waals surface area contributed by atoms with E-state index in [-0.39, 0.29) is 6.42 Å². The number of carbonyl (C=O) groups excluding carboxylic acids is 1. The first kappa shape index (κ1) is 20.9. The second-order valence-corrected chi connectivity index (χ2v) is 6.86. The summed E-state index contributed by atoms with van der Waals surface area (Å²) in [4.78, 5) is 22.9. The van der Waals surface area contributed by atoms with Gasteiger partial charge in [-0.2, -0.15) is 0 Å². The predicted molar refractivity (Wildman–Crippen MR) is 94.1 cm³/mol. The van der Waals surface area contributed by atoms with Crippen LogP contribution in [-0.4, -0.2) is 40.1 Å². The van der Waals surface area contributed by atoms with Crippen LogP contribution < -0.4 is 10.6 Å². The summed E-state index contributed by atoms with van der Waals surface area (Å²) in [5.74, 6) is -1.01. The molecule has 0 aliphatic rings. The highest BCUT2D eigenvalue weighted by atomic mass is 16.6. The van der Waals surface area contributed by atoms with Gasteiger partial charge >= 0.3 is 12.1 Å². The van der Waals surface area contributed by atoms with E-state index in [1.165, 1.54) is 0 Å². The SMILES string of the molecule is CCC(O)N[C@H](Cc1ccc(CNC(=O)OC(C)(C)C)cc1)C(=O)O. The first-order chi connectivity index (χ1) is 11.6. The molecule has 2 atom stereocenters. The van der Waals surface area contributed by atoms with Crippen molar-refractivity contribution in [3.8, 4) is 0 Å². The molecule has 1 amide bonds. The summed E-state index contributed by atoms with van der Waals surface area (Å²) < 4.78 is 5.16. The van der Waals surface area contributed by atoms with Crippen LogP contribution in [-0.2, 0) is 22.5 Å². The van der Waals surface area contributed by atoms with E-state index in [0.29, 0.717) is 13.0 Å². The molecular formula is C18H28N2O5. The summed E-state index contributed by atoms with van der Waals surface area (Å²) in [6.07, 6.45) is -0.649. The molecule has 7 nitrogen and oxygen atoms in total. The van der Waals surface area contributed by atoms with Crippen LogP contribution in [0.1, 0.15) is 45.2 Å². The Labute approximate surface area is 148 Å². The number of carboxylic acids is 1. The van der Waals surface area contributed by atoms with Crippen LogP contribution in [0, 0.1) is 0 Å². The number of carboxylic acid groups (broad SMARTS) is 1. The second kappa shape index (κ2) is 9.39. The summed E-state index contributed by atoms with van der Waals surface area (Å²) >= 11 is 0. The van der Waals surface area contributed by atoms with E-state index in [1.807, 2.05) is 24.3 Å². The van der Waals surface area contributed by atoms with Crippen molar-refractivity contribution in [2.24, 2.45) is 0 Å². The van der Waals surface area contributed by atoms with E-state index >= 15 is 0 Å². The summed E-state index contributed by atoms with van der Waals surface area (Å²) in [7, 11) is 0. The number of amides is 1. The number of aliphatic carboxylic acids is 1. The molecule has 0 spiro atoms. The number of nitrogens with one attached hydrogen (secondary N) is 2. The van der Waals surface area contributed by atoms with Crippen LogP contribution in [0.25, 0.3) is 0 Å². The number of carbonyl (C=O) groups is 2. The van der Waals surface area contributed by atoms with Crippen molar-refractivity contribution >= 4 is 12.1 Å². The highest BCUT2D eigenvalue weighted by Crippen LogP contribution is 2.10. The van der Waals surface area contributed by atoms with Gasteiger partial charge in [-0.25, -0.2) is 4.79 Å². The molecule has 1 unspecified atom stereocenters. The highest BCUT2D eigenvalue weighted by Gasteiger charge is 2.20. The van der Waals surface area contributed by atoms with Gasteiger partial charge in [0.25, 0.3) is 0 Å². The van der Waals surface area contributed by atoms with E-state index in [0.717, 1.165) is 11.1 Å². The summed E-state index contributed by atoms with van der Waals surface area (Å²) in [6, 6.07) is 6.40. The van der Waals surface area contributed by atoms with Crippen LogP contribution >= 0.6 is 0 Å². The minimum Gasteiger partial charge on any atom is -0.480 e. The Bertz CT molecular complexity index is 566. The number of ether oxygens (including phenoxy) is 1. The van der Waals surface area contributed by atoms with Gasteiger partial charge in [0.15, 0.2) is 0 Å². The molecule has 0 aromatic heterocycles. The number of hydrogen-bond acceptors (Lipinski definition) is 5. The van der Waals surface area contributed by atoms with Crippen LogP contribution in [0.15, 0.2) is 24.3 Å². The van der Waals surface area contributed by atoms with Gasteiger partial charge < -0.3 is 20.3 Å². The molecule has 0 heterocycles. The molecule has 0 aliphatic heterocycles. The Morgan fingerprint density at radius 3 is 2.20 bits per heavy atom. The largest absolute Gasteiger partial charge is 0.480 e. The van der Waals surface area contributed by atoms with Gasteiger partial charge in [0, 0.05) is 6.54 Å². The first-order valence-electron chi connectivity index (χ1n) is 8.32. The maximum Gasteiger partial charge on any atom is 0.407 e. The topological polar surface area (TPSA) is 108 Å². The van der Waals surface area contributed by atoms with Crippen molar-refractivity contribution in [2.45, 2.75) is 65.0 Å². The lowest BCUT2D eigenvalue weighted by atomic mass is 10.0. The zero-order chi connectivity index (χ0) is 19.0. The van der Waals surface area contributed by atoms with Crippen LogP contribution in [0.4, 0.5) is 4.79 Å². The lowest BCUT2D eigenvalue weighted by molar-refractivity contribution is -0.140. The van der Waals surface area contributed by atoms with Gasteiger partial charge in [-0.3, -0.25) is 10.1 Å². The van der Waals surface area contributed by atoms with E-state index < -0.39 is 29.9 Å². The minimum atomic E-state index is -1.01. The molecule has 0 saturated carbocycles. The van der Waals surface area contributed by atoms with Crippen molar-refractivity contribution in [3.05, 3.63) is 35.4 Å². The number of aliphatic hydroxyl groups excluding tert-OH is 1. The Morgan fingerprint density at radius 2 is 1.72 bits per heavy atom. The van der Waals surface area contributed by atoms with Gasteiger partial charge in [-0.1, -0.05) is 31.2 Å². The van der Waals surface area contributed by atoms with Crippen molar-refractivity contribution in [1.82, 2.24) is 10.6 Å². The average Bonchev–Trinajstić information content (AvgIpc) is 2.51. The van der Waals surface area contributed by atoms with Gasteiger partial charge in [-0.15, -0.1) is 0 Å². The number of hydrogen-bond donors (Lipinski definition) is 4. The maximum atomic E-state index is 11.6. The number of aliphatic hydroxyl groups is 1. The Balaban J connectivity index is 2.57. The van der Waals surface area contributed by atoms with E-state index in [4.69, 9.17) is 4.74 Å². The van der Waals surface area contributed by atoms with Gasteiger partial charge in [-0.05, 0) is 44.7 Å². The molecule has 0 saturated heterocycles. The van der Waals surface area contributed by atoms with Crippen LogP contribution in [0.5, 0.6) is 0 Å². The monoisotopic (exact) mass is 352 g/mol. The smallest absolute Gasteiger partial charge is 0.407 e. The Hall–Kier alpha value is -2.12. The fourth-order valence-corrected chi connectivity index (χ4v) is 2.08. The van der Waals surface area contributed by atoms with E-state index in [2.05, 4.69) is 10.6 Å². The van der Waals surface area contributed by atoms with E-state index in [1.54, 1.807) is 27.7 Å². The molecule has 1 rings (SSSR count). The normalized spacial score (nSPS) is 13.8. The predicted octanol–water partition coefficient (Wildman–Crippen LogP) is 2.02. The number of benzene rings is 1. The van der Waals surface area contributed by atoms with Crippen molar-refractivity contribution < 1.29 is 24.5 Å². The molecule has 140 valence electrons. The van der Waals surface area contributed by atoms with Crippen molar-refractivity contribution in [3.63, 3.8) is 0 Å². The summed E-state index contributed by atoms with van der Waals surface area (Å²) in [6.45, 7) is 7.48. The Morgan fingerprint density at radius 1 is 1.16 bits per heavy atom. The quantitative estimate of drug-likeness (QED) is 0.533. The molecular weight excluding hydrogens is 324 g/mol. The molecule has 4 N–H and O–H groups in total. The first-order valence-corrected chi connectivity index (χ1v) is 8.32. The molecule has 0 fully saturated rings. The van der Waals surface area contributed by atoms with Gasteiger partial charge in [0.2, 0.25) is 0 Å². The fourth-order valence-electron chi connectivity index (χ4n) is 2.08. The number of alkyl carbamates (subject to hydrolysis) is 1. The average molecular weight is 352 g/mol. The molecule has 1 aromatic rings. The molecule has 0 aliphatic carbocycles. The van der Waals surface area contributed by atoms with Gasteiger partial charge in [0.1, 0.15) is 17.9 Å². The zero-order valence-electron chi connectivity index (χ0n) is 15.2. The molecule has 0 radical (unpaired) electrons. The standard InChI is InChI=1S/C18H28N2O5/c1-5-15(21)20-14(16(22)23)10-12-6-8-13(9-7-12)11-19-17(24)25-18(2,3)4/h6-9,14-15,20-21H,5,10-11H2,1-4H3,(H,19,24)(H,22,23)/t14-,15?/m1/s1. The Kier molecular flexibility index (Phi) is 7.86. The van der Waals surface area contributed by atoms with Gasteiger partial charge in [0.05, 0.1) is 0 Å². The third-order valence-corrected chi connectivity index (χ3v) is 3.38. The lowest BCUT2D eigenvalue weighted by Gasteiger charge is -2.20. The molecule has 0 bridgehead atoms. The number of rotatable bonds is 8. The molecule has 25 heavy (non-hydrogen) atoms. The zero-order valence-corrected chi connectivity index (χ0v) is 15.2. The fraction of sp³-hybridized carbons (Fsp3) is 0.556. The van der Waals surface area contributed by atoms with Crippen LogP contribution in [0.2, 0.25) is 0 Å². The van der Waals surface area contributed by atoms with Crippen molar-refractivity contribution in [2.75, 3.05) is 0 Å².